The maximum absolute atomic E-state index is 13.5. The van der Waals surface area contributed by atoms with Gasteiger partial charge in [-0.25, -0.2) is 13.4 Å². The van der Waals surface area contributed by atoms with Crippen molar-refractivity contribution in [2.75, 3.05) is 49.6 Å². The first-order chi connectivity index (χ1) is 16.9. The minimum absolute atomic E-state index is 0.124. The number of hydrogen-bond donors (Lipinski definition) is 1. The molecule has 1 aliphatic heterocycles. The summed E-state index contributed by atoms with van der Waals surface area (Å²) in [7, 11) is -3.76. The number of aromatic nitrogens is 3. The Morgan fingerprint density at radius 2 is 1.66 bits per heavy atom. The number of aryl methyl sites for hydroxylation is 1. The molecule has 3 aromatic rings. The summed E-state index contributed by atoms with van der Waals surface area (Å²) in [5.41, 5.74) is 1.08. The zero-order valence-electron chi connectivity index (χ0n) is 20.1. The number of benzene rings is 1. The molecule has 35 heavy (non-hydrogen) atoms. The summed E-state index contributed by atoms with van der Waals surface area (Å²) in [6.07, 6.45) is 1.78. The Morgan fingerprint density at radius 1 is 0.914 bits per heavy atom. The molecule has 1 saturated heterocycles. The molecule has 0 bridgehead atoms. The second-order valence-corrected chi connectivity index (χ2v) is 9.89. The molecule has 0 amide bonds. The molecule has 0 unspecified atom stereocenters. The van der Waals surface area contributed by atoms with Crippen LogP contribution in [0.5, 0.6) is 11.5 Å². The molecule has 0 atom stereocenters. The summed E-state index contributed by atoms with van der Waals surface area (Å²) in [5.74, 6) is 2.80. The van der Waals surface area contributed by atoms with E-state index in [1.54, 1.807) is 18.3 Å². The maximum Gasteiger partial charge on any atom is 0.247 e. The van der Waals surface area contributed by atoms with E-state index < -0.39 is 10.0 Å². The van der Waals surface area contributed by atoms with Gasteiger partial charge in [0.25, 0.3) is 0 Å². The zero-order chi connectivity index (χ0) is 24.8. The number of sulfonamides is 1. The molecule has 0 saturated carbocycles. The number of anilines is 3. The van der Waals surface area contributed by atoms with Gasteiger partial charge in [-0.15, -0.1) is 10.2 Å². The van der Waals surface area contributed by atoms with Crippen LogP contribution in [0.1, 0.15) is 19.4 Å². The monoisotopic (exact) mass is 498 g/mol. The Morgan fingerprint density at radius 3 is 2.29 bits per heavy atom. The third-order valence-electron chi connectivity index (χ3n) is 5.52. The fourth-order valence-corrected chi connectivity index (χ4v) is 5.32. The fourth-order valence-electron chi connectivity index (χ4n) is 3.75. The van der Waals surface area contributed by atoms with E-state index in [1.807, 2.05) is 49.9 Å². The van der Waals surface area contributed by atoms with E-state index in [0.29, 0.717) is 68.3 Å². The lowest BCUT2D eigenvalue weighted by molar-refractivity contribution is 0.319. The van der Waals surface area contributed by atoms with E-state index >= 15 is 0 Å². The third kappa shape index (κ3) is 5.80. The van der Waals surface area contributed by atoms with Gasteiger partial charge < -0.3 is 19.7 Å². The van der Waals surface area contributed by atoms with Gasteiger partial charge in [0.05, 0.1) is 13.2 Å². The van der Waals surface area contributed by atoms with Crippen LogP contribution in [0.3, 0.4) is 0 Å². The maximum atomic E-state index is 13.5. The zero-order valence-corrected chi connectivity index (χ0v) is 21.0. The highest BCUT2D eigenvalue weighted by molar-refractivity contribution is 7.89. The second-order valence-electron chi connectivity index (χ2n) is 7.99. The molecule has 0 radical (unpaired) electrons. The van der Waals surface area contributed by atoms with Crippen molar-refractivity contribution in [2.45, 2.75) is 25.7 Å². The predicted octanol–water partition coefficient (Wildman–Crippen LogP) is 3.23. The van der Waals surface area contributed by atoms with Crippen molar-refractivity contribution in [1.29, 1.82) is 0 Å². The largest absolute Gasteiger partial charge is 0.494 e. The van der Waals surface area contributed by atoms with Gasteiger partial charge in [-0.2, -0.15) is 4.31 Å². The predicted molar refractivity (Wildman–Crippen MR) is 134 cm³/mol. The van der Waals surface area contributed by atoms with Gasteiger partial charge in [0.15, 0.2) is 11.6 Å². The van der Waals surface area contributed by atoms with Crippen LogP contribution in [-0.4, -0.2) is 67.3 Å². The quantitative estimate of drug-likeness (QED) is 0.475. The number of hydrogen-bond acceptors (Lipinski definition) is 9. The van der Waals surface area contributed by atoms with E-state index in [4.69, 9.17) is 9.47 Å². The summed E-state index contributed by atoms with van der Waals surface area (Å²) < 4.78 is 39.5. The van der Waals surface area contributed by atoms with Crippen LogP contribution in [0, 0.1) is 6.92 Å². The second kappa shape index (κ2) is 10.9. The fraction of sp³-hybridized carbons (Fsp3) is 0.375. The Kier molecular flexibility index (Phi) is 7.67. The summed E-state index contributed by atoms with van der Waals surface area (Å²) in [6.45, 7) is 8.11. The van der Waals surface area contributed by atoms with Crippen molar-refractivity contribution in [3.8, 4) is 11.5 Å². The average Bonchev–Trinajstić information content (AvgIpc) is 2.87. The van der Waals surface area contributed by atoms with E-state index in [-0.39, 0.29) is 4.90 Å². The lowest BCUT2D eigenvalue weighted by Gasteiger charge is -2.34. The van der Waals surface area contributed by atoms with Gasteiger partial charge >= 0.3 is 0 Å². The number of piperazine rings is 1. The molecule has 1 fully saturated rings. The van der Waals surface area contributed by atoms with Gasteiger partial charge in [0.1, 0.15) is 22.2 Å². The summed E-state index contributed by atoms with van der Waals surface area (Å²) in [4.78, 5) is 6.45. The number of nitrogens with one attached hydrogen (secondary N) is 1. The van der Waals surface area contributed by atoms with E-state index in [1.165, 1.54) is 10.4 Å². The van der Waals surface area contributed by atoms with Crippen molar-refractivity contribution in [2.24, 2.45) is 0 Å². The van der Waals surface area contributed by atoms with E-state index in [0.717, 1.165) is 5.56 Å². The van der Waals surface area contributed by atoms with Gasteiger partial charge in [-0.3, -0.25) is 0 Å². The van der Waals surface area contributed by atoms with Crippen LogP contribution in [0.25, 0.3) is 0 Å². The van der Waals surface area contributed by atoms with Crippen molar-refractivity contribution in [3.05, 3.63) is 54.2 Å². The smallest absolute Gasteiger partial charge is 0.247 e. The highest BCUT2D eigenvalue weighted by Crippen LogP contribution is 2.32. The van der Waals surface area contributed by atoms with Crippen molar-refractivity contribution in [3.63, 3.8) is 0 Å². The molecule has 11 heteroatoms. The first-order valence-electron chi connectivity index (χ1n) is 11.6. The lowest BCUT2D eigenvalue weighted by atomic mass is 10.3. The highest BCUT2D eigenvalue weighted by Gasteiger charge is 2.32. The summed E-state index contributed by atoms with van der Waals surface area (Å²) in [5, 5.41) is 11.7. The normalized spacial score (nSPS) is 14.5. The molecule has 1 aromatic carbocycles. The van der Waals surface area contributed by atoms with Crippen molar-refractivity contribution < 1.29 is 17.9 Å². The molecule has 1 aliphatic rings. The van der Waals surface area contributed by atoms with Crippen LogP contribution in [0.2, 0.25) is 0 Å². The first-order valence-corrected chi connectivity index (χ1v) is 13.0. The van der Waals surface area contributed by atoms with Gasteiger partial charge in [-0.1, -0.05) is 6.07 Å². The molecule has 1 N–H and O–H groups in total. The van der Waals surface area contributed by atoms with E-state index in [9.17, 15) is 8.42 Å². The molecule has 4 rings (SSSR count). The summed E-state index contributed by atoms with van der Waals surface area (Å²) >= 11 is 0. The molecule has 186 valence electrons. The van der Waals surface area contributed by atoms with Gasteiger partial charge in [-0.05, 0) is 56.7 Å². The van der Waals surface area contributed by atoms with Crippen LogP contribution >= 0.6 is 0 Å². The Labute approximate surface area is 206 Å². The number of ether oxygens (including phenoxy) is 2. The first kappa shape index (κ1) is 24.7. The van der Waals surface area contributed by atoms with Crippen LogP contribution < -0.4 is 19.7 Å². The molecule has 3 heterocycles. The average molecular weight is 499 g/mol. The Balaban J connectivity index is 1.42. The third-order valence-corrected chi connectivity index (χ3v) is 7.44. The molecular weight excluding hydrogens is 468 g/mol. The number of pyridine rings is 1. The minimum Gasteiger partial charge on any atom is -0.494 e. The highest BCUT2D eigenvalue weighted by atomic mass is 32.2. The Bertz CT molecular complexity index is 1230. The molecule has 0 aliphatic carbocycles. The molecular formula is C24H30N6O4S. The molecule has 2 aromatic heterocycles. The number of nitrogens with zero attached hydrogens (tertiary/aromatic N) is 5. The number of rotatable bonds is 9. The van der Waals surface area contributed by atoms with Gasteiger partial charge in [0.2, 0.25) is 10.0 Å². The summed E-state index contributed by atoms with van der Waals surface area (Å²) in [6, 6.07) is 12.5. The lowest BCUT2D eigenvalue weighted by Crippen LogP contribution is -2.49. The van der Waals surface area contributed by atoms with E-state index in [2.05, 4.69) is 20.5 Å². The Hall–Kier alpha value is -3.44. The molecule has 10 nitrogen and oxygen atoms in total. The topological polar surface area (TPSA) is 110 Å². The van der Waals surface area contributed by atoms with Crippen molar-refractivity contribution in [1.82, 2.24) is 19.5 Å². The standard InChI is InChI=1S/C24H30N6O4S/c1-4-33-19-7-8-20(34-5-2)21(16-19)35(31,32)30-14-12-29(13-15-30)24-11-10-23(27-28-24)26-22-9-6-18(3)17-25-22/h6-11,16-17H,4-5,12-15H2,1-3H3,(H,25,26,27). The minimum atomic E-state index is -3.76. The molecule has 0 spiro atoms. The SMILES string of the molecule is CCOc1ccc(OCC)c(S(=O)(=O)N2CCN(c3ccc(Nc4ccc(C)cn4)nn3)CC2)c1. The van der Waals surface area contributed by atoms with Crippen LogP contribution in [-0.2, 0) is 10.0 Å². The van der Waals surface area contributed by atoms with Crippen molar-refractivity contribution >= 4 is 27.5 Å². The van der Waals surface area contributed by atoms with Crippen LogP contribution in [0.4, 0.5) is 17.5 Å². The van der Waals surface area contributed by atoms with Gasteiger partial charge in [0, 0.05) is 38.4 Å². The van der Waals surface area contributed by atoms with Crippen LogP contribution in [0.15, 0.2) is 53.6 Å².